The summed E-state index contributed by atoms with van der Waals surface area (Å²) in [4.78, 5) is 8.53. The Balaban J connectivity index is 0.00000288. The number of benzene rings is 1. The van der Waals surface area contributed by atoms with E-state index >= 15 is 0 Å². The molecule has 0 unspecified atom stereocenters. The van der Waals surface area contributed by atoms with Gasteiger partial charge in [-0.2, -0.15) is 0 Å². The Morgan fingerprint density at radius 3 is 2.62 bits per heavy atom. The molecule has 0 spiro atoms. The molecule has 6 heteroatoms. The van der Waals surface area contributed by atoms with Gasteiger partial charge in [0, 0.05) is 24.9 Å². The van der Waals surface area contributed by atoms with Crippen LogP contribution in [0.5, 0.6) is 5.75 Å². The van der Waals surface area contributed by atoms with Crippen molar-refractivity contribution >= 4 is 29.9 Å². The summed E-state index contributed by atoms with van der Waals surface area (Å²) < 4.78 is 5.71. The van der Waals surface area contributed by atoms with Gasteiger partial charge in [0.2, 0.25) is 0 Å². The number of hydrogen-bond acceptors (Lipinski definition) is 3. The molecule has 0 aliphatic heterocycles. The van der Waals surface area contributed by atoms with Crippen molar-refractivity contribution in [2.75, 3.05) is 19.7 Å². The van der Waals surface area contributed by atoms with E-state index < -0.39 is 0 Å². The van der Waals surface area contributed by atoms with Gasteiger partial charge in [-0.25, -0.2) is 0 Å². The third kappa shape index (κ3) is 7.63. The van der Waals surface area contributed by atoms with E-state index in [4.69, 9.17) is 10.5 Å². The lowest BCUT2D eigenvalue weighted by molar-refractivity contribution is 0.322. The molecule has 1 aromatic heterocycles. The van der Waals surface area contributed by atoms with Gasteiger partial charge in [-0.1, -0.05) is 12.1 Å². The molecule has 1 aromatic carbocycles. The maximum Gasteiger partial charge on any atom is 0.188 e. The van der Waals surface area contributed by atoms with Crippen LogP contribution in [0.1, 0.15) is 16.8 Å². The first kappa shape index (κ1) is 20.2. The van der Waals surface area contributed by atoms with Crippen LogP contribution >= 0.6 is 24.0 Å². The van der Waals surface area contributed by atoms with Crippen molar-refractivity contribution in [3.05, 3.63) is 59.4 Å². The molecule has 0 atom stereocenters. The molecule has 0 radical (unpaired) electrons. The van der Waals surface area contributed by atoms with Crippen LogP contribution in [0.2, 0.25) is 0 Å². The SMILES string of the molecule is Cc1cc(C)cc(OCCNC(N)=NCCc2ccccn2)c1.I. The highest BCUT2D eigenvalue weighted by Gasteiger charge is 1.98. The highest BCUT2D eigenvalue weighted by atomic mass is 127. The van der Waals surface area contributed by atoms with Crippen LogP contribution in [-0.4, -0.2) is 30.6 Å². The number of nitrogens with one attached hydrogen (secondary N) is 1. The fourth-order valence-corrected chi connectivity index (χ4v) is 2.26. The van der Waals surface area contributed by atoms with E-state index in [9.17, 15) is 0 Å². The molecule has 130 valence electrons. The predicted molar refractivity (Wildman–Crippen MR) is 109 cm³/mol. The van der Waals surface area contributed by atoms with Gasteiger partial charge in [0.25, 0.3) is 0 Å². The average Bonchev–Trinajstić information content (AvgIpc) is 2.52. The molecule has 0 amide bonds. The average molecular weight is 440 g/mol. The molecule has 0 saturated carbocycles. The number of hydrogen-bond donors (Lipinski definition) is 2. The molecule has 1 heterocycles. The summed E-state index contributed by atoms with van der Waals surface area (Å²) in [6.07, 6.45) is 2.56. The number of guanidine groups is 1. The van der Waals surface area contributed by atoms with Crippen LogP contribution in [0.25, 0.3) is 0 Å². The maximum atomic E-state index is 5.83. The number of rotatable bonds is 7. The number of halogens is 1. The largest absolute Gasteiger partial charge is 0.492 e. The van der Waals surface area contributed by atoms with Crippen LogP contribution in [0.3, 0.4) is 0 Å². The van der Waals surface area contributed by atoms with E-state index in [1.807, 2.05) is 30.3 Å². The van der Waals surface area contributed by atoms with Gasteiger partial charge < -0.3 is 15.8 Å². The predicted octanol–water partition coefficient (Wildman–Crippen LogP) is 2.84. The fraction of sp³-hybridized carbons (Fsp3) is 0.333. The first-order chi connectivity index (χ1) is 11.1. The van der Waals surface area contributed by atoms with E-state index in [1.54, 1.807) is 6.20 Å². The molecule has 0 bridgehead atoms. The Bertz CT molecular complexity index is 626. The molecule has 24 heavy (non-hydrogen) atoms. The number of aryl methyl sites for hydroxylation is 2. The molecule has 5 nitrogen and oxygen atoms in total. The highest BCUT2D eigenvalue weighted by Crippen LogP contribution is 2.15. The lowest BCUT2D eigenvalue weighted by Crippen LogP contribution is -2.35. The smallest absolute Gasteiger partial charge is 0.188 e. The number of nitrogens with two attached hydrogens (primary N) is 1. The summed E-state index contributed by atoms with van der Waals surface area (Å²) in [7, 11) is 0. The van der Waals surface area contributed by atoms with E-state index in [1.165, 1.54) is 11.1 Å². The Morgan fingerprint density at radius 1 is 1.21 bits per heavy atom. The van der Waals surface area contributed by atoms with Crippen LogP contribution < -0.4 is 15.8 Å². The van der Waals surface area contributed by atoms with Crippen LogP contribution in [0.4, 0.5) is 0 Å². The van der Waals surface area contributed by atoms with Crippen LogP contribution in [0.15, 0.2) is 47.6 Å². The Hall–Kier alpha value is -1.83. The zero-order valence-corrected chi connectivity index (χ0v) is 16.5. The Kier molecular flexibility index (Phi) is 9.14. The summed E-state index contributed by atoms with van der Waals surface area (Å²) in [6.45, 7) is 5.90. The number of pyridine rings is 1. The standard InChI is InChI=1S/C18H24N4O.HI/c1-14-11-15(2)13-17(12-14)23-10-9-22-18(19)21-8-6-16-5-3-4-7-20-16;/h3-5,7,11-13H,6,8-10H2,1-2H3,(H3,19,21,22);1H. The minimum absolute atomic E-state index is 0. The molecule has 3 N–H and O–H groups in total. The molecule has 0 aliphatic rings. The van der Waals surface area contributed by atoms with Crippen molar-refractivity contribution in [2.24, 2.45) is 10.7 Å². The van der Waals surface area contributed by atoms with E-state index in [-0.39, 0.29) is 24.0 Å². The van der Waals surface area contributed by atoms with Gasteiger partial charge in [-0.15, -0.1) is 24.0 Å². The third-order valence-corrected chi connectivity index (χ3v) is 3.25. The lowest BCUT2D eigenvalue weighted by atomic mass is 10.1. The second-order valence-corrected chi connectivity index (χ2v) is 5.44. The van der Waals surface area contributed by atoms with Crippen molar-refractivity contribution in [2.45, 2.75) is 20.3 Å². The normalized spacial score (nSPS) is 10.8. The van der Waals surface area contributed by atoms with Crippen molar-refractivity contribution < 1.29 is 4.74 Å². The fourth-order valence-electron chi connectivity index (χ4n) is 2.26. The van der Waals surface area contributed by atoms with Gasteiger partial charge in [0.1, 0.15) is 12.4 Å². The van der Waals surface area contributed by atoms with Crippen LogP contribution in [0, 0.1) is 13.8 Å². The minimum atomic E-state index is 0. The number of nitrogens with zero attached hydrogens (tertiary/aromatic N) is 2. The molecule has 2 aromatic rings. The Morgan fingerprint density at radius 2 is 1.96 bits per heavy atom. The molecule has 0 aliphatic carbocycles. The van der Waals surface area contributed by atoms with Crippen molar-refractivity contribution in [1.82, 2.24) is 10.3 Å². The number of aromatic nitrogens is 1. The van der Waals surface area contributed by atoms with Gasteiger partial charge in [-0.05, 0) is 49.2 Å². The van der Waals surface area contributed by atoms with Gasteiger partial charge in [0.15, 0.2) is 5.96 Å². The van der Waals surface area contributed by atoms with Gasteiger partial charge >= 0.3 is 0 Å². The molecule has 0 fully saturated rings. The summed E-state index contributed by atoms with van der Waals surface area (Å²) in [6, 6.07) is 12.0. The molecule has 2 rings (SSSR count). The zero-order valence-electron chi connectivity index (χ0n) is 14.2. The van der Waals surface area contributed by atoms with E-state index in [2.05, 4.69) is 35.2 Å². The first-order valence-corrected chi connectivity index (χ1v) is 7.78. The van der Waals surface area contributed by atoms with Crippen molar-refractivity contribution in [3.8, 4) is 5.75 Å². The lowest BCUT2D eigenvalue weighted by Gasteiger charge is -2.09. The monoisotopic (exact) mass is 440 g/mol. The minimum Gasteiger partial charge on any atom is -0.492 e. The van der Waals surface area contributed by atoms with Gasteiger partial charge in [0.05, 0.1) is 6.54 Å². The summed E-state index contributed by atoms with van der Waals surface area (Å²) in [5.74, 6) is 1.32. The zero-order chi connectivity index (χ0) is 16.5. The summed E-state index contributed by atoms with van der Waals surface area (Å²) >= 11 is 0. The quantitative estimate of drug-likeness (QED) is 0.301. The summed E-state index contributed by atoms with van der Waals surface area (Å²) in [5, 5.41) is 3.05. The molecular formula is C18H25IN4O. The topological polar surface area (TPSA) is 72.5 Å². The molecule has 0 saturated heterocycles. The third-order valence-electron chi connectivity index (χ3n) is 3.25. The number of aliphatic imine (C=N–C) groups is 1. The Labute approximate surface area is 160 Å². The number of ether oxygens (including phenoxy) is 1. The first-order valence-electron chi connectivity index (χ1n) is 7.78. The van der Waals surface area contributed by atoms with E-state index in [0.29, 0.717) is 25.7 Å². The van der Waals surface area contributed by atoms with E-state index in [0.717, 1.165) is 17.9 Å². The second-order valence-electron chi connectivity index (χ2n) is 5.44. The summed E-state index contributed by atoms with van der Waals surface area (Å²) in [5.41, 5.74) is 9.24. The second kappa shape index (κ2) is 10.9. The molecular weight excluding hydrogens is 415 g/mol. The van der Waals surface area contributed by atoms with Crippen molar-refractivity contribution in [3.63, 3.8) is 0 Å². The van der Waals surface area contributed by atoms with Crippen LogP contribution in [-0.2, 0) is 6.42 Å². The van der Waals surface area contributed by atoms with Crippen molar-refractivity contribution in [1.29, 1.82) is 0 Å². The highest BCUT2D eigenvalue weighted by molar-refractivity contribution is 14.0. The van der Waals surface area contributed by atoms with Gasteiger partial charge in [-0.3, -0.25) is 9.98 Å². The maximum absolute atomic E-state index is 5.83.